The van der Waals surface area contributed by atoms with Crippen LogP contribution in [0.25, 0.3) is 0 Å². The summed E-state index contributed by atoms with van der Waals surface area (Å²) in [6.45, 7) is 5.12. The second-order valence-electron chi connectivity index (χ2n) is 6.58. The zero-order valence-electron chi connectivity index (χ0n) is 14.1. The van der Waals surface area contributed by atoms with E-state index in [4.69, 9.17) is 9.15 Å². The SMILES string of the molecule is N#Cc1nc(C2CC2c2ccccc2)oc1NCCN1CCOCC1. The maximum atomic E-state index is 9.33. The third-order valence-electron chi connectivity index (χ3n) is 4.90. The molecule has 4 rings (SSSR count). The van der Waals surface area contributed by atoms with Gasteiger partial charge in [-0.05, 0) is 17.9 Å². The standard InChI is InChI=1S/C19H22N4O2/c20-13-17-19(21-6-7-23-8-10-24-11-9-23)25-18(22-17)16-12-15(16)14-4-2-1-3-5-14/h1-5,15-16,21H,6-12H2. The summed E-state index contributed by atoms with van der Waals surface area (Å²) < 4.78 is 11.2. The summed E-state index contributed by atoms with van der Waals surface area (Å²) in [6, 6.07) is 12.6. The highest BCUT2D eigenvalue weighted by Gasteiger charge is 2.43. The van der Waals surface area contributed by atoms with Crippen LogP contribution in [0.2, 0.25) is 0 Å². The van der Waals surface area contributed by atoms with E-state index >= 15 is 0 Å². The van der Waals surface area contributed by atoms with E-state index in [9.17, 15) is 5.26 Å². The predicted octanol–water partition coefficient (Wildman–Crippen LogP) is 2.56. The lowest BCUT2D eigenvalue weighted by atomic mass is 10.1. The second kappa shape index (κ2) is 7.26. The quantitative estimate of drug-likeness (QED) is 0.872. The fourth-order valence-corrected chi connectivity index (χ4v) is 3.38. The minimum absolute atomic E-state index is 0.282. The van der Waals surface area contributed by atoms with Gasteiger partial charge in [-0.15, -0.1) is 0 Å². The number of benzene rings is 1. The van der Waals surface area contributed by atoms with Gasteiger partial charge in [-0.2, -0.15) is 5.26 Å². The molecule has 1 aromatic heterocycles. The highest BCUT2D eigenvalue weighted by Crippen LogP contribution is 2.54. The Morgan fingerprint density at radius 3 is 2.76 bits per heavy atom. The molecule has 2 heterocycles. The van der Waals surface area contributed by atoms with Crippen LogP contribution in [0.4, 0.5) is 5.88 Å². The number of nitrogens with one attached hydrogen (secondary N) is 1. The Morgan fingerprint density at radius 1 is 1.20 bits per heavy atom. The summed E-state index contributed by atoms with van der Waals surface area (Å²) in [6.07, 6.45) is 1.03. The first-order valence-electron chi connectivity index (χ1n) is 8.85. The van der Waals surface area contributed by atoms with Gasteiger partial charge in [0.2, 0.25) is 17.5 Å². The highest BCUT2D eigenvalue weighted by molar-refractivity contribution is 5.46. The summed E-state index contributed by atoms with van der Waals surface area (Å²) in [7, 11) is 0. The Kier molecular flexibility index (Phi) is 4.68. The molecule has 130 valence electrons. The van der Waals surface area contributed by atoms with Gasteiger partial charge >= 0.3 is 0 Å². The first-order valence-corrected chi connectivity index (χ1v) is 8.85. The van der Waals surface area contributed by atoms with Crippen molar-refractivity contribution in [1.82, 2.24) is 9.88 Å². The molecule has 1 aliphatic heterocycles. The summed E-state index contributed by atoms with van der Waals surface area (Å²) in [5.41, 5.74) is 1.67. The van der Waals surface area contributed by atoms with Crippen molar-refractivity contribution in [2.45, 2.75) is 18.3 Å². The van der Waals surface area contributed by atoms with Crippen molar-refractivity contribution in [2.75, 3.05) is 44.7 Å². The monoisotopic (exact) mass is 338 g/mol. The molecule has 0 bridgehead atoms. The normalized spacial score (nSPS) is 23.2. The van der Waals surface area contributed by atoms with Crippen molar-refractivity contribution in [2.24, 2.45) is 0 Å². The average Bonchev–Trinajstić information content (AvgIpc) is 3.37. The number of nitrogens with zero attached hydrogens (tertiary/aromatic N) is 3. The molecular weight excluding hydrogens is 316 g/mol. The second-order valence-corrected chi connectivity index (χ2v) is 6.58. The van der Waals surface area contributed by atoms with Crippen LogP contribution in [0.3, 0.4) is 0 Å². The van der Waals surface area contributed by atoms with E-state index < -0.39 is 0 Å². The largest absolute Gasteiger partial charge is 0.424 e. The lowest BCUT2D eigenvalue weighted by Gasteiger charge is -2.26. The highest BCUT2D eigenvalue weighted by atomic mass is 16.5. The molecule has 2 fully saturated rings. The number of oxazole rings is 1. The Morgan fingerprint density at radius 2 is 2.00 bits per heavy atom. The van der Waals surface area contributed by atoms with Crippen LogP contribution in [0.5, 0.6) is 0 Å². The fourth-order valence-electron chi connectivity index (χ4n) is 3.38. The van der Waals surface area contributed by atoms with Gasteiger partial charge < -0.3 is 14.5 Å². The minimum Gasteiger partial charge on any atom is -0.424 e. The third kappa shape index (κ3) is 3.68. The Bertz CT molecular complexity index is 747. The predicted molar refractivity (Wildman–Crippen MR) is 93.5 cm³/mol. The van der Waals surface area contributed by atoms with Crippen LogP contribution < -0.4 is 5.32 Å². The van der Waals surface area contributed by atoms with Gasteiger partial charge in [0.05, 0.1) is 13.2 Å². The van der Waals surface area contributed by atoms with Gasteiger partial charge in [0.25, 0.3) is 0 Å². The van der Waals surface area contributed by atoms with Crippen LogP contribution in [0.1, 0.15) is 35.4 Å². The summed E-state index contributed by atoms with van der Waals surface area (Å²) in [4.78, 5) is 6.75. The fraction of sp³-hybridized carbons (Fsp3) is 0.474. The molecule has 1 aliphatic carbocycles. The molecule has 0 spiro atoms. The average molecular weight is 338 g/mol. The number of anilines is 1. The van der Waals surface area contributed by atoms with Gasteiger partial charge in [-0.3, -0.25) is 4.90 Å². The van der Waals surface area contributed by atoms with E-state index in [1.807, 2.05) is 6.07 Å². The van der Waals surface area contributed by atoms with Gasteiger partial charge in [0.1, 0.15) is 6.07 Å². The zero-order chi connectivity index (χ0) is 17.1. The van der Waals surface area contributed by atoms with E-state index in [1.165, 1.54) is 5.56 Å². The van der Waals surface area contributed by atoms with Crippen LogP contribution in [-0.2, 0) is 4.74 Å². The van der Waals surface area contributed by atoms with Gasteiger partial charge in [0.15, 0.2) is 0 Å². The first-order chi connectivity index (χ1) is 12.3. The number of hydrogen-bond acceptors (Lipinski definition) is 6. The smallest absolute Gasteiger partial charge is 0.232 e. The maximum absolute atomic E-state index is 9.33. The van der Waals surface area contributed by atoms with Crippen molar-refractivity contribution in [3.63, 3.8) is 0 Å². The molecule has 2 unspecified atom stereocenters. The van der Waals surface area contributed by atoms with E-state index in [0.717, 1.165) is 45.8 Å². The van der Waals surface area contributed by atoms with Gasteiger partial charge in [-0.1, -0.05) is 30.3 Å². The molecule has 25 heavy (non-hydrogen) atoms. The summed E-state index contributed by atoms with van der Waals surface area (Å²) >= 11 is 0. The van der Waals surface area contributed by atoms with Gasteiger partial charge in [0, 0.05) is 32.1 Å². The third-order valence-corrected chi connectivity index (χ3v) is 4.90. The van der Waals surface area contributed by atoms with Crippen LogP contribution >= 0.6 is 0 Å². The molecule has 1 N–H and O–H groups in total. The van der Waals surface area contributed by atoms with E-state index in [0.29, 0.717) is 23.4 Å². The Balaban J connectivity index is 1.36. The summed E-state index contributed by atoms with van der Waals surface area (Å²) in [5, 5.41) is 12.6. The topological polar surface area (TPSA) is 74.3 Å². The van der Waals surface area contributed by atoms with E-state index in [2.05, 4.69) is 45.5 Å². The minimum atomic E-state index is 0.282. The zero-order valence-corrected chi connectivity index (χ0v) is 14.1. The number of nitriles is 1. The van der Waals surface area contributed by atoms with Crippen LogP contribution in [-0.4, -0.2) is 49.3 Å². The van der Waals surface area contributed by atoms with Crippen molar-refractivity contribution < 1.29 is 9.15 Å². The van der Waals surface area contributed by atoms with Crippen molar-refractivity contribution >= 4 is 5.88 Å². The molecule has 1 saturated heterocycles. The lowest BCUT2D eigenvalue weighted by Crippen LogP contribution is -2.39. The summed E-state index contributed by atoms with van der Waals surface area (Å²) in [5.74, 6) is 1.92. The Hall–Kier alpha value is -2.36. The molecule has 6 nitrogen and oxygen atoms in total. The van der Waals surface area contributed by atoms with Crippen molar-refractivity contribution in [3.8, 4) is 6.07 Å². The Labute approximate surface area is 147 Å². The van der Waals surface area contributed by atoms with Crippen molar-refractivity contribution in [3.05, 3.63) is 47.5 Å². The number of aromatic nitrogens is 1. The number of ether oxygens (including phenoxy) is 1. The molecule has 1 aromatic carbocycles. The molecule has 2 aromatic rings. The molecule has 0 radical (unpaired) electrons. The molecular formula is C19H22N4O2. The molecule has 2 atom stereocenters. The lowest BCUT2D eigenvalue weighted by molar-refractivity contribution is 0.0398. The van der Waals surface area contributed by atoms with E-state index in [-0.39, 0.29) is 5.92 Å². The number of rotatable bonds is 6. The molecule has 1 saturated carbocycles. The van der Waals surface area contributed by atoms with Gasteiger partial charge in [-0.25, -0.2) is 4.98 Å². The number of morpholine rings is 1. The maximum Gasteiger partial charge on any atom is 0.232 e. The van der Waals surface area contributed by atoms with Crippen molar-refractivity contribution in [1.29, 1.82) is 5.26 Å². The van der Waals surface area contributed by atoms with Crippen LogP contribution in [0, 0.1) is 11.3 Å². The first kappa shape index (κ1) is 16.1. The number of hydrogen-bond donors (Lipinski definition) is 1. The van der Waals surface area contributed by atoms with E-state index in [1.54, 1.807) is 0 Å². The molecule has 6 heteroatoms. The molecule has 0 amide bonds. The van der Waals surface area contributed by atoms with Crippen LogP contribution in [0.15, 0.2) is 34.7 Å². The molecule has 2 aliphatic rings.